The Balaban J connectivity index is 0.00000121. The van der Waals surface area contributed by atoms with Gasteiger partial charge in [-0.1, -0.05) is 11.6 Å². The van der Waals surface area contributed by atoms with Crippen LogP contribution in [0.1, 0.15) is 5.56 Å². The standard InChI is InChI=1S/C7H7ClO2S.Na/c1-5-4-6(11(9)10)2-3-7(5)8;/h2-4H,1H3,(H,9,10);/q;+1/p-1. The molecule has 0 saturated heterocycles. The van der Waals surface area contributed by atoms with Gasteiger partial charge < -0.3 is 4.55 Å². The molecular weight excluding hydrogens is 207 g/mol. The second kappa shape index (κ2) is 5.37. The van der Waals surface area contributed by atoms with Crippen molar-refractivity contribution in [2.24, 2.45) is 0 Å². The van der Waals surface area contributed by atoms with Crippen molar-refractivity contribution in [2.75, 3.05) is 0 Å². The maximum Gasteiger partial charge on any atom is 1.00 e. The van der Waals surface area contributed by atoms with Gasteiger partial charge in [0.1, 0.15) is 0 Å². The molecule has 0 saturated carbocycles. The SMILES string of the molecule is Cc1cc(S(=O)[O-])ccc1Cl.[Na+]. The number of benzene rings is 1. The quantitative estimate of drug-likeness (QED) is 0.438. The summed E-state index contributed by atoms with van der Waals surface area (Å²) in [5.74, 6) is 0. The van der Waals surface area contributed by atoms with E-state index in [0.29, 0.717) is 5.02 Å². The van der Waals surface area contributed by atoms with Crippen LogP contribution in [0.4, 0.5) is 0 Å². The van der Waals surface area contributed by atoms with Gasteiger partial charge in [-0.15, -0.1) is 0 Å². The third-order valence-corrected chi connectivity index (χ3v) is 2.38. The number of hydrogen-bond donors (Lipinski definition) is 0. The maximum atomic E-state index is 10.4. The Morgan fingerprint density at radius 1 is 1.50 bits per heavy atom. The summed E-state index contributed by atoms with van der Waals surface area (Å²) in [5.41, 5.74) is 0.772. The van der Waals surface area contributed by atoms with Crippen LogP contribution in [0.25, 0.3) is 0 Å². The van der Waals surface area contributed by atoms with E-state index < -0.39 is 11.1 Å². The summed E-state index contributed by atoms with van der Waals surface area (Å²) in [6.45, 7) is 1.76. The van der Waals surface area contributed by atoms with Gasteiger partial charge in [-0.25, -0.2) is 0 Å². The normalized spacial score (nSPS) is 11.9. The van der Waals surface area contributed by atoms with E-state index in [-0.39, 0.29) is 34.5 Å². The van der Waals surface area contributed by atoms with Crippen LogP contribution in [0.5, 0.6) is 0 Å². The molecule has 0 spiro atoms. The zero-order chi connectivity index (χ0) is 8.43. The molecule has 0 amide bonds. The summed E-state index contributed by atoms with van der Waals surface area (Å²) in [7, 11) is 0. The van der Waals surface area contributed by atoms with Crippen LogP contribution in [0.3, 0.4) is 0 Å². The van der Waals surface area contributed by atoms with Crippen LogP contribution in [0.2, 0.25) is 5.02 Å². The molecule has 1 atom stereocenters. The van der Waals surface area contributed by atoms with Gasteiger partial charge in [0.2, 0.25) is 0 Å². The second-order valence-corrected chi connectivity index (χ2v) is 3.49. The third kappa shape index (κ3) is 3.17. The fourth-order valence-electron chi connectivity index (χ4n) is 0.721. The van der Waals surface area contributed by atoms with Crippen molar-refractivity contribution in [3.63, 3.8) is 0 Å². The topological polar surface area (TPSA) is 40.1 Å². The van der Waals surface area contributed by atoms with Gasteiger partial charge in [0, 0.05) is 9.92 Å². The number of rotatable bonds is 1. The predicted molar refractivity (Wildman–Crippen MR) is 43.4 cm³/mol. The smallest absolute Gasteiger partial charge is 0.768 e. The molecule has 0 bridgehead atoms. The summed E-state index contributed by atoms with van der Waals surface area (Å²) < 4.78 is 20.8. The monoisotopic (exact) mass is 212 g/mol. The van der Waals surface area contributed by atoms with E-state index >= 15 is 0 Å². The minimum absolute atomic E-state index is 0. The van der Waals surface area contributed by atoms with Crippen molar-refractivity contribution in [2.45, 2.75) is 11.8 Å². The zero-order valence-corrected chi connectivity index (χ0v) is 10.4. The van der Waals surface area contributed by atoms with Crippen LogP contribution in [0, 0.1) is 6.92 Å². The Hall–Kier alpha value is 0.620. The Morgan fingerprint density at radius 2 is 2.08 bits per heavy atom. The average molecular weight is 213 g/mol. The first kappa shape index (κ1) is 12.6. The summed E-state index contributed by atoms with van der Waals surface area (Å²) >= 11 is 3.53. The Bertz CT molecular complexity index is 303. The van der Waals surface area contributed by atoms with E-state index in [1.807, 2.05) is 0 Å². The van der Waals surface area contributed by atoms with Gasteiger partial charge in [-0.3, -0.25) is 4.21 Å². The third-order valence-electron chi connectivity index (χ3n) is 1.32. The molecule has 12 heavy (non-hydrogen) atoms. The largest absolute Gasteiger partial charge is 1.00 e. The van der Waals surface area contributed by atoms with Crippen molar-refractivity contribution < 1.29 is 38.3 Å². The first-order valence-electron chi connectivity index (χ1n) is 2.96. The molecular formula is C7H6ClNaO2S. The van der Waals surface area contributed by atoms with Crippen LogP contribution in [0.15, 0.2) is 23.1 Å². The minimum atomic E-state index is -2.16. The molecule has 0 aliphatic heterocycles. The molecule has 0 aromatic heterocycles. The second-order valence-electron chi connectivity index (χ2n) is 2.15. The van der Waals surface area contributed by atoms with Gasteiger partial charge in [-0.2, -0.15) is 0 Å². The van der Waals surface area contributed by atoms with E-state index in [4.69, 9.17) is 11.6 Å². The van der Waals surface area contributed by atoms with Crippen molar-refractivity contribution in [1.29, 1.82) is 0 Å². The van der Waals surface area contributed by atoms with Crippen LogP contribution >= 0.6 is 11.6 Å². The van der Waals surface area contributed by atoms with Crippen LogP contribution < -0.4 is 29.6 Å². The first-order chi connectivity index (χ1) is 5.11. The van der Waals surface area contributed by atoms with Gasteiger partial charge in [0.15, 0.2) is 0 Å². The molecule has 2 nitrogen and oxygen atoms in total. The fourth-order valence-corrected chi connectivity index (χ4v) is 1.29. The van der Waals surface area contributed by atoms with Crippen LogP contribution in [-0.2, 0) is 11.1 Å². The summed E-state index contributed by atoms with van der Waals surface area (Å²) in [4.78, 5) is 0.270. The van der Waals surface area contributed by atoms with Crippen molar-refractivity contribution in [3.05, 3.63) is 28.8 Å². The maximum absolute atomic E-state index is 10.4. The van der Waals surface area contributed by atoms with Gasteiger partial charge in [0.25, 0.3) is 0 Å². The molecule has 1 rings (SSSR count). The average Bonchev–Trinajstić information content (AvgIpc) is 1.94. The van der Waals surface area contributed by atoms with Crippen molar-refractivity contribution in [1.82, 2.24) is 0 Å². The van der Waals surface area contributed by atoms with Crippen molar-refractivity contribution in [3.8, 4) is 0 Å². The number of aryl methyl sites for hydroxylation is 1. The molecule has 0 radical (unpaired) electrons. The minimum Gasteiger partial charge on any atom is -0.768 e. The van der Waals surface area contributed by atoms with E-state index in [1.54, 1.807) is 13.0 Å². The van der Waals surface area contributed by atoms with E-state index in [0.717, 1.165) is 5.56 Å². The molecule has 1 unspecified atom stereocenters. The van der Waals surface area contributed by atoms with Crippen molar-refractivity contribution >= 4 is 22.7 Å². The van der Waals surface area contributed by atoms with Crippen LogP contribution in [-0.4, -0.2) is 8.76 Å². The summed E-state index contributed by atoms with van der Waals surface area (Å²) in [5, 5.41) is 0.583. The predicted octanol–water partition coefficient (Wildman–Crippen LogP) is -1.11. The number of hydrogen-bond acceptors (Lipinski definition) is 2. The van der Waals surface area contributed by atoms with E-state index in [2.05, 4.69) is 0 Å². The van der Waals surface area contributed by atoms with E-state index in [9.17, 15) is 8.76 Å². The molecule has 0 aliphatic carbocycles. The fraction of sp³-hybridized carbons (Fsp3) is 0.143. The molecule has 60 valence electrons. The molecule has 0 fully saturated rings. The number of halogens is 1. The first-order valence-corrected chi connectivity index (χ1v) is 4.42. The molecule has 1 aromatic rings. The molecule has 0 aliphatic rings. The molecule has 0 heterocycles. The Kier molecular flexibility index (Phi) is 5.65. The van der Waals surface area contributed by atoms with Gasteiger partial charge in [-0.05, 0) is 41.8 Å². The van der Waals surface area contributed by atoms with Gasteiger partial charge in [0.05, 0.1) is 0 Å². The molecule has 1 aromatic carbocycles. The Morgan fingerprint density at radius 3 is 2.50 bits per heavy atom. The van der Waals surface area contributed by atoms with Gasteiger partial charge >= 0.3 is 29.6 Å². The van der Waals surface area contributed by atoms with E-state index in [1.165, 1.54) is 12.1 Å². The summed E-state index contributed by atoms with van der Waals surface area (Å²) in [6.07, 6.45) is 0. The summed E-state index contributed by atoms with van der Waals surface area (Å²) in [6, 6.07) is 4.58. The zero-order valence-electron chi connectivity index (χ0n) is 6.83. The molecule has 0 N–H and O–H groups in total. The molecule has 5 heteroatoms. The Labute approximate surface area is 101 Å².